The maximum atomic E-state index is 13.0. The number of benzene rings is 2. The Labute approximate surface area is 176 Å². The van der Waals surface area contributed by atoms with Crippen molar-refractivity contribution in [3.63, 3.8) is 0 Å². The molecule has 0 spiro atoms. The first-order valence-corrected chi connectivity index (χ1v) is 10.3. The summed E-state index contributed by atoms with van der Waals surface area (Å²) in [4.78, 5) is 4.94. The van der Waals surface area contributed by atoms with Crippen LogP contribution in [0.5, 0.6) is 5.75 Å². The zero-order chi connectivity index (χ0) is 22.0. The summed E-state index contributed by atoms with van der Waals surface area (Å²) in [6.07, 6.45) is 0.245. The second-order valence-corrected chi connectivity index (χ2v) is 8.20. The fourth-order valence-electron chi connectivity index (χ4n) is 3.14. The molecule has 30 heavy (non-hydrogen) atoms. The first-order chi connectivity index (χ1) is 14.0. The van der Waals surface area contributed by atoms with Crippen LogP contribution in [-0.2, 0) is 18.3 Å². The summed E-state index contributed by atoms with van der Waals surface area (Å²) in [5.74, 6) is 0.529. The lowest BCUT2D eigenvalue weighted by Crippen LogP contribution is -2.54. The molecule has 1 aromatic heterocycles. The lowest BCUT2D eigenvalue weighted by Gasteiger charge is -2.43. The average molecular weight is 437 g/mol. The Kier molecular flexibility index (Phi) is 6.14. The molecule has 0 aliphatic heterocycles. The van der Waals surface area contributed by atoms with Crippen molar-refractivity contribution < 1.29 is 23.0 Å². The van der Waals surface area contributed by atoms with Crippen LogP contribution in [0.1, 0.15) is 25.0 Å². The van der Waals surface area contributed by atoms with E-state index in [2.05, 4.69) is 10.1 Å². The fraction of sp³-hybridized carbons (Fsp3) is 0.333. The van der Waals surface area contributed by atoms with Gasteiger partial charge in [0.05, 0.1) is 12.1 Å². The standard InChI is InChI=1S/C21H22F3N3O2S/c1-19(2,29-17-8-10-18(30-3)11-9-17)20(28,12-27-14-25-13-26-27)15-4-6-16(7-5-15)21(22,23)24/h4-11,13-14,28H,12H2,1-3H3. The van der Waals surface area contributed by atoms with Crippen LogP contribution in [0.2, 0.25) is 0 Å². The van der Waals surface area contributed by atoms with E-state index in [0.29, 0.717) is 5.75 Å². The monoisotopic (exact) mass is 437 g/mol. The zero-order valence-corrected chi connectivity index (χ0v) is 17.5. The summed E-state index contributed by atoms with van der Waals surface area (Å²) in [6, 6.07) is 11.8. The number of nitrogens with zero attached hydrogens (tertiary/aromatic N) is 3. The van der Waals surface area contributed by atoms with Crippen molar-refractivity contribution in [3.05, 3.63) is 72.3 Å². The quantitative estimate of drug-likeness (QED) is 0.540. The molecule has 0 aliphatic carbocycles. The van der Waals surface area contributed by atoms with Crippen LogP contribution in [0, 0.1) is 0 Å². The fourth-order valence-corrected chi connectivity index (χ4v) is 3.54. The van der Waals surface area contributed by atoms with E-state index in [0.717, 1.165) is 17.0 Å². The number of rotatable bonds is 7. The van der Waals surface area contributed by atoms with Crippen molar-refractivity contribution in [3.8, 4) is 5.75 Å². The van der Waals surface area contributed by atoms with Gasteiger partial charge in [0.2, 0.25) is 0 Å². The second-order valence-electron chi connectivity index (χ2n) is 7.32. The Balaban J connectivity index is 1.99. The average Bonchev–Trinajstić information content (AvgIpc) is 3.20. The van der Waals surface area contributed by atoms with Gasteiger partial charge < -0.3 is 9.84 Å². The number of thioether (sulfide) groups is 1. The van der Waals surface area contributed by atoms with Gasteiger partial charge in [-0.15, -0.1) is 11.8 Å². The molecule has 0 bridgehead atoms. The number of aromatic nitrogens is 3. The van der Waals surface area contributed by atoms with Gasteiger partial charge in [-0.1, -0.05) is 12.1 Å². The molecule has 0 aliphatic rings. The molecule has 160 valence electrons. The summed E-state index contributed by atoms with van der Waals surface area (Å²) in [5, 5.41) is 15.8. The largest absolute Gasteiger partial charge is 0.484 e. The first kappa shape index (κ1) is 22.2. The molecule has 0 fully saturated rings. The predicted molar refractivity (Wildman–Crippen MR) is 108 cm³/mol. The smallest absolute Gasteiger partial charge is 0.416 e. The highest BCUT2D eigenvalue weighted by atomic mass is 32.2. The van der Waals surface area contributed by atoms with E-state index in [1.165, 1.54) is 29.5 Å². The van der Waals surface area contributed by atoms with Crippen LogP contribution in [-0.4, -0.2) is 31.7 Å². The molecule has 0 saturated heterocycles. The van der Waals surface area contributed by atoms with E-state index in [9.17, 15) is 18.3 Å². The third-order valence-electron chi connectivity index (χ3n) is 4.98. The van der Waals surface area contributed by atoms with Crippen LogP contribution in [0.3, 0.4) is 0 Å². The van der Waals surface area contributed by atoms with Crippen LogP contribution in [0.4, 0.5) is 13.2 Å². The SMILES string of the molecule is CSc1ccc(OC(C)(C)C(O)(Cn2cncn2)c2ccc(C(F)(F)F)cc2)cc1. The van der Waals surface area contributed by atoms with Gasteiger partial charge in [0.25, 0.3) is 0 Å². The Bertz CT molecular complexity index is 959. The number of halogens is 3. The summed E-state index contributed by atoms with van der Waals surface area (Å²) in [6.45, 7) is 3.31. The molecule has 0 amide bonds. The normalized spacial score (nSPS) is 14.4. The molecule has 3 rings (SSSR count). The van der Waals surface area contributed by atoms with Crippen LogP contribution in [0.15, 0.2) is 66.1 Å². The van der Waals surface area contributed by atoms with Crippen molar-refractivity contribution >= 4 is 11.8 Å². The number of hydrogen-bond donors (Lipinski definition) is 1. The topological polar surface area (TPSA) is 60.2 Å². The number of alkyl halides is 3. The van der Waals surface area contributed by atoms with Gasteiger partial charge in [-0.25, -0.2) is 9.67 Å². The van der Waals surface area contributed by atoms with Crippen LogP contribution >= 0.6 is 11.8 Å². The van der Waals surface area contributed by atoms with Crippen molar-refractivity contribution in [2.75, 3.05) is 6.26 Å². The number of hydrogen-bond acceptors (Lipinski definition) is 5. The molecular weight excluding hydrogens is 415 g/mol. The van der Waals surface area contributed by atoms with E-state index >= 15 is 0 Å². The van der Waals surface area contributed by atoms with Gasteiger partial charge in [-0.2, -0.15) is 18.3 Å². The zero-order valence-electron chi connectivity index (χ0n) is 16.7. The first-order valence-electron chi connectivity index (χ1n) is 9.11. The molecule has 1 N–H and O–H groups in total. The lowest BCUT2D eigenvalue weighted by atomic mass is 9.79. The summed E-state index contributed by atoms with van der Waals surface area (Å²) >= 11 is 1.59. The highest BCUT2D eigenvalue weighted by molar-refractivity contribution is 7.98. The van der Waals surface area contributed by atoms with Crippen molar-refractivity contribution in [2.45, 2.75) is 42.7 Å². The van der Waals surface area contributed by atoms with E-state index < -0.39 is 22.9 Å². The molecular formula is C21H22F3N3O2S. The second kappa shape index (κ2) is 8.31. The molecule has 5 nitrogen and oxygen atoms in total. The highest BCUT2D eigenvalue weighted by Gasteiger charge is 2.48. The van der Waals surface area contributed by atoms with Crippen LogP contribution in [0.25, 0.3) is 0 Å². The summed E-state index contributed by atoms with van der Waals surface area (Å²) in [5.41, 5.74) is -3.44. The predicted octanol–water partition coefficient (Wildman–Crippen LogP) is 4.76. The third-order valence-corrected chi connectivity index (χ3v) is 5.72. The van der Waals surface area contributed by atoms with E-state index in [-0.39, 0.29) is 12.1 Å². The van der Waals surface area contributed by atoms with Gasteiger partial charge in [-0.05, 0) is 62.1 Å². The molecule has 3 aromatic rings. The molecule has 1 heterocycles. The van der Waals surface area contributed by atoms with Gasteiger partial charge in [0.1, 0.15) is 29.6 Å². The third kappa shape index (κ3) is 4.62. The van der Waals surface area contributed by atoms with E-state index in [4.69, 9.17) is 4.74 Å². The highest BCUT2D eigenvalue weighted by Crippen LogP contribution is 2.39. The molecule has 2 aromatic carbocycles. The Hall–Kier alpha value is -2.52. The van der Waals surface area contributed by atoms with Gasteiger partial charge in [0.15, 0.2) is 0 Å². The molecule has 1 unspecified atom stereocenters. The van der Waals surface area contributed by atoms with Crippen molar-refractivity contribution in [1.29, 1.82) is 0 Å². The minimum Gasteiger partial charge on any atom is -0.484 e. The van der Waals surface area contributed by atoms with Gasteiger partial charge in [-0.3, -0.25) is 0 Å². The maximum absolute atomic E-state index is 13.0. The molecule has 0 radical (unpaired) electrons. The Morgan fingerprint density at radius 3 is 2.10 bits per heavy atom. The number of ether oxygens (including phenoxy) is 1. The minimum atomic E-state index is -4.46. The Morgan fingerprint density at radius 1 is 1.00 bits per heavy atom. The minimum absolute atomic E-state index is 0.0613. The van der Waals surface area contributed by atoms with Crippen molar-refractivity contribution in [2.24, 2.45) is 0 Å². The maximum Gasteiger partial charge on any atom is 0.416 e. The Morgan fingerprint density at radius 2 is 1.60 bits per heavy atom. The van der Waals surface area contributed by atoms with Crippen LogP contribution < -0.4 is 4.74 Å². The van der Waals surface area contributed by atoms with Crippen molar-refractivity contribution in [1.82, 2.24) is 14.8 Å². The number of aliphatic hydroxyl groups is 1. The summed E-state index contributed by atoms with van der Waals surface area (Å²) < 4.78 is 46.5. The lowest BCUT2D eigenvalue weighted by molar-refractivity contribution is -0.138. The summed E-state index contributed by atoms with van der Waals surface area (Å²) in [7, 11) is 0. The molecule has 0 saturated carbocycles. The van der Waals surface area contributed by atoms with Gasteiger partial charge in [0, 0.05) is 4.90 Å². The van der Waals surface area contributed by atoms with E-state index in [1.54, 1.807) is 37.7 Å². The van der Waals surface area contributed by atoms with Gasteiger partial charge >= 0.3 is 6.18 Å². The van der Waals surface area contributed by atoms with E-state index in [1.807, 2.05) is 18.4 Å². The molecule has 1 atom stereocenters. The molecule has 9 heteroatoms.